The lowest BCUT2D eigenvalue weighted by Crippen LogP contribution is -2.43. The molecule has 4 heterocycles. The van der Waals surface area contributed by atoms with Crippen LogP contribution in [0.3, 0.4) is 0 Å². The number of ether oxygens (including phenoxy) is 2. The van der Waals surface area contributed by atoms with Crippen LogP contribution in [-0.4, -0.2) is 39.5 Å². The summed E-state index contributed by atoms with van der Waals surface area (Å²) in [6.07, 6.45) is 4.84. The van der Waals surface area contributed by atoms with Gasteiger partial charge in [0.05, 0.1) is 0 Å². The summed E-state index contributed by atoms with van der Waals surface area (Å²) in [5.41, 5.74) is 8.20. The topological polar surface area (TPSA) is 90.8 Å². The van der Waals surface area contributed by atoms with E-state index >= 15 is 0 Å². The van der Waals surface area contributed by atoms with Crippen molar-refractivity contribution in [1.29, 1.82) is 0 Å². The molecule has 1 unspecified atom stereocenters. The highest BCUT2D eigenvalue weighted by Crippen LogP contribution is 2.38. The van der Waals surface area contributed by atoms with Gasteiger partial charge in [0.25, 0.3) is 0 Å². The van der Waals surface area contributed by atoms with Gasteiger partial charge >= 0.3 is 0 Å². The van der Waals surface area contributed by atoms with E-state index in [1.807, 2.05) is 12.1 Å². The number of nitrogens with zero attached hydrogens (tertiary/aromatic N) is 5. The fourth-order valence-corrected chi connectivity index (χ4v) is 4.20. The van der Waals surface area contributed by atoms with E-state index in [9.17, 15) is 0 Å². The maximum absolute atomic E-state index is 6.07. The van der Waals surface area contributed by atoms with Gasteiger partial charge in [-0.3, -0.25) is 4.40 Å². The van der Waals surface area contributed by atoms with Crippen molar-refractivity contribution in [3.8, 4) is 11.5 Å². The smallest absolute Gasteiger partial charge is 0.231 e. The molecule has 27 heavy (non-hydrogen) atoms. The van der Waals surface area contributed by atoms with E-state index in [0.717, 1.165) is 48.9 Å². The van der Waals surface area contributed by atoms with Gasteiger partial charge in [0.15, 0.2) is 17.1 Å². The first-order valence-electron chi connectivity index (χ1n) is 9.19. The second-order valence-corrected chi connectivity index (χ2v) is 7.73. The summed E-state index contributed by atoms with van der Waals surface area (Å²) >= 11 is 0. The first-order chi connectivity index (χ1) is 13.1. The standard InChI is InChI=1S/C19H22N6O2/c1-19(9-13-3-4-14-15(7-13)27-12-26-14)5-2-6-24(10-19)16-8-17-23-21-11-25(17)18(20)22-16/h3-4,7-8,11H,2,5-6,9-10,12H2,1H3,(H2,20,22). The van der Waals surface area contributed by atoms with Gasteiger partial charge in [-0.2, -0.15) is 4.98 Å². The fourth-order valence-electron chi connectivity index (χ4n) is 4.20. The third-order valence-corrected chi connectivity index (χ3v) is 5.48. The lowest BCUT2D eigenvalue weighted by atomic mass is 9.77. The van der Waals surface area contributed by atoms with Crippen LogP contribution < -0.4 is 20.1 Å². The summed E-state index contributed by atoms with van der Waals surface area (Å²) < 4.78 is 12.6. The number of aromatic nitrogens is 4. The summed E-state index contributed by atoms with van der Waals surface area (Å²) in [6, 6.07) is 8.19. The predicted molar refractivity (Wildman–Crippen MR) is 101 cm³/mol. The summed E-state index contributed by atoms with van der Waals surface area (Å²) in [5.74, 6) is 2.95. The predicted octanol–water partition coefficient (Wildman–Crippen LogP) is 2.28. The number of anilines is 2. The molecule has 0 spiro atoms. The van der Waals surface area contributed by atoms with E-state index in [2.05, 4.69) is 39.1 Å². The molecule has 140 valence electrons. The average molecular weight is 366 g/mol. The Morgan fingerprint density at radius 2 is 2.11 bits per heavy atom. The molecule has 3 aromatic rings. The van der Waals surface area contributed by atoms with E-state index in [4.69, 9.17) is 15.2 Å². The molecule has 2 aliphatic heterocycles. The quantitative estimate of drug-likeness (QED) is 0.760. The molecular weight excluding hydrogens is 344 g/mol. The Balaban J connectivity index is 1.39. The SMILES string of the molecule is CC1(Cc2ccc3c(c2)OCO3)CCCN(c2cc3nncn3c(N)n2)C1. The lowest BCUT2D eigenvalue weighted by Gasteiger charge is -2.41. The van der Waals surface area contributed by atoms with Crippen molar-refractivity contribution in [3.05, 3.63) is 36.2 Å². The Kier molecular flexibility index (Phi) is 3.60. The van der Waals surface area contributed by atoms with Gasteiger partial charge in [-0.1, -0.05) is 13.0 Å². The Bertz CT molecular complexity index is 1000. The summed E-state index contributed by atoms with van der Waals surface area (Å²) in [4.78, 5) is 6.87. The molecule has 0 aliphatic carbocycles. The highest BCUT2D eigenvalue weighted by Gasteiger charge is 2.32. The molecule has 0 saturated carbocycles. The van der Waals surface area contributed by atoms with E-state index in [1.54, 1.807) is 10.7 Å². The van der Waals surface area contributed by atoms with Crippen LogP contribution in [0.15, 0.2) is 30.6 Å². The monoisotopic (exact) mass is 366 g/mol. The molecule has 5 rings (SSSR count). The minimum Gasteiger partial charge on any atom is -0.454 e. The zero-order chi connectivity index (χ0) is 18.4. The lowest BCUT2D eigenvalue weighted by molar-refractivity contribution is 0.174. The van der Waals surface area contributed by atoms with Crippen molar-refractivity contribution in [3.63, 3.8) is 0 Å². The molecule has 2 aromatic heterocycles. The third kappa shape index (κ3) is 2.90. The fraction of sp³-hybridized carbons (Fsp3) is 0.421. The van der Waals surface area contributed by atoms with Crippen LogP contribution in [0.5, 0.6) is 11.5 Å². The normalized spacial score (nSPS) is 21.7. The first-order valence-corrected chi connectivity index (χ1v) is 9.19. The van der Waals surface area contributed by atoms with Crippen molar-refractivity contribution < 1.29 is 9.47 Å². The molecule has 1 saturated heterocycles. The van der Waals surface area contributed by atoms with Crippen LogP contribution in [0.2, 0.25) is 0 Å². The van der Waals surface area contributed by atoms with E-state index in [0.29, 0.717) is 12.7 Å². The first kappa shape index (κ1) is 16.2. The van der Waals surface area contributed by atoms with Gasteiger partial charge in [0.2, 0.25) is 12.7 Å². The zero-order valence-electron chi connectivity index (χ0n) is 15.3. The van der Waals surface area contributed by atoms with Crippen molar-refractivity contribution >= 4 is 17.4 Å². The van der Waals surface area contributed by atoms with Gasteiger partial charge in [0, 0.05) is 19.2 Å². The third-order valence-electron chi connectivity index (χ3n) is 5.48. The van der Waals surface area contributed by atoms with Crippen LogP contribution in [0.1, 0.15) is 25.3 Å². The Morgan fingerprint density at radius 1 is 1.22 bits per heavy atom. The number of nitrogen functional groups attached to an aromatic ring is 1. The second-order valence-electron chi connectivity index (χ2n) is 7.73. The highest BCUT2D eigenvalue weighted by molar-refractivity contribution is 5.55. The van der Waals surface area contributed by atoms with Crippen molar-refractivity contribution in [2.75, 3.05) is 30.5 Å². The minimum absolute atomic E-state index is 0.141. The number of nitrogens with two attached hydrogens (primary N) is 1. The summed E-state index contributed by atoms with van der Waals surface area (Å²) in [5, 5.41) is 8.03. The van der Waals surface area contributed by atoms with E-state index in [1.165, 1.54) is 12.0 Å². The Hall–Kier alpha value is -3.03. The molecule has 8 nitrogen and oxygen atoms in total. The van der Waals surface area contributed by atoms with Gasteiger partial charge < -0.3 is 20.1 Å². The molecular formula is C19H22N6O2. The van der Waals surface area contributed by atoms with Crippen LogP contribution in [-0.2, 0) is 6.42 Å². The summed E-state index contributed by atoms with van der Waals surface area (Å²) in [7, 11) is 0. The van der Waals surface area contributed by atoms with E-state index in [-0.39, 0.29) is 5.41 Å². The minimum atomic E-state index is 0.141. The maximum atomic E-state index is 6.07. The molecule has 0 amide bonds. The van der Waals surface area contributed by atoms with Crippen LogP contribution in [0.4, 0.5) is 11.8 Å². The van der Waals surface area contributed by atoms with Crippen LogP contribution in [0, 0.1) is 5.41 Å². The Labute approximate surface area is 156 Å². The number of benzene rings is 1. The number of fused-ring (bicyclic) bond motifs is 2. The van der Waals surface area contributed by atoms with Crippen molar-refractivity contribution in [2.45, 2.75) is 26.2 Å². The van der Waals surface area contributed by atoms with Crippen LogP contribution in [0.25, 0.3) is 5.65 Å². The van der Waals surface area contributed by atoms with E-state index < -0.39 is 0 Å². The van der Waals surface area contributed by atoms with Crippen molar-refractivity contribution in [2.24, 2.45) is 5.41 Å². The van der Waals surface area contributed by atoms with Gasteiger partial charge in [-0.25, -0.2) is 0 Å². The maximum Gasteiger partial charge on any atom is 0.231 e. The van der Waals surface area contributed by atoms with Crippen molar-refractivity contribution in [1.82, 2.24) is 19.6 Å². The molecule has 0 bridgehead atoms. The van der Waals surface area contributed by atoms with Crippen LogP contribution >= 0.6 is 0 Å². The van der Waals surface area contributed by atoms with Gasteiger partial charge in [-0.05, 0) is 42.4 Å². The Morgan fingerprint density at radius 3 is 3.04 bits per heavy atom. The molecule has 8 heteroatoms. The largest absolute Gasteiger partial charge is 0.454 e. The molecule has 1 atom stereocenters. The number of piperidine rings is 1. The zero-order valence-corrected chi connectivity index (χ0v) is 15.3. The molecule has 2 N–H and O–H groups in total. The number of rotatable bonds is 3. The van der Waals surface area contributed by atoms with Gasteiger partial charge in [0.1, 0.15) is 12.1 Å². The van der Waals surface area contributed by atoms with Gasteiger partial charge in [-0.15, -0.1) is 10.2 Å². The molecule has 0 radical (unpaired) electrons. The number of hydrogen-bond donors (Lipinski definition) is 1. The molecule has 2 aliphatic rings. The number of hydrogen-bond acceptors (Lipinski definition) is 7. The highest BCUT2D eigenvalue weighted by atomic mass is 16.7. The molecule has 1 aromatic carbocycles. The second kappa shape index (κ2) is 6.00. The average Bonchev–Trinajstić information content (AvgIpc) is 3.30. The summed E-state index contributed by atoms with van der Waals surface area (Å²) in [6.45, 7) is 4.52. The molecule has 1 fully saturated rings.